The number of carbonyl (C=O) groups excluding carboxylic acids is 2. The van der Waals surface area contributed by atoms with E-state index in [1.165, 1.54) is 12.8 Å². The third-order valence-corrected chi connectivity index (χ3v) is 4.21. The molecule has 2 aliphatic rings. The number of rotatable bonds is 4. The molecule has 0 aromatic rings. The zero-order valence-corrected chi connectivity index (χ0v) is 10.8. The van der Waals surface area contributed by atoms with Gasteiger partial charge in [-0.15, -0.1) is 0 Å². The minimum Gasteiger partial charge on any atom is -0.356 e. The largest absolute Gasteiger partial charge is 0.356 e. The van der Waals surface area contributed by atoms with Crippen molar-refractivity contribution in [2.45, 2.75) is 32.1 Å². The molecule has 1 aliphatic carbocycles. The Kier molecular flexibility index (Phi) is 4.58. The first kappa shape index (κ1) is 13.3. The first-order valence-electron chi connectivity index (χ1n) is 6.93. The third-order valence-electron chi connectivity index (χ3n) is 4.21. The van der Waals surface area contributed by atoms with Gasteiger partial charge in [-0.05, 0) is 44.1 Å². The van der Waals surface area contributed by atoms with E-state index < -0.39 is 0 Å². The molecule has 2 fully saturated rings. The average Bonchev–Trinajstić information content (AvgIpc) is 2.83. The second kappa shape index (κ2) is 6.18. The molecule has 0 radical (unpaired) electrons. The molecule has 1 heterocycles. The van der Waals surface area contributed by atoms with E-state index in [9.17, 15) is 9.59 Å². The highest BCUT2D eigenvalue weighted by molar-refractivity contribution is 5.89. The van der Waals surface area contributed by atoms with Gasteiger partial charge in [0.1, 0.15) is 0 Å². The predicted molar refractivity (Wildman–Crippen MR) is 68.6 cm³/mol. The lowest BCUT2D eigenvalue weighted by Crippen LogP contribution is -2.36. The molecule has 1 unspecified atom stereocenters. The van der Waals surface area contributed by atoms with Crippen LogP contribution in [-0.4, -0.2) is 31.4 Å². The first-order valence-corrected chi connectivity index (χ1v) is 6.93. The van der Waals surface area contributed by atoms with Crippen LogP contribution in [-0.2, 0) is 9.59 Å². The van der Waals surface area contributed by atoms with Gasteiger partial charge in [0.2, 0.25) is 11.8 Å². The second-order valence-electron chi connectivity index (χ2n) is 5.57. The molecule has 102 valence electrons. The molecule has 0 spiro atoms. The van der Waals surface area contributed by atoms with E-state index in [4.69, 9.17) is 5.73 Å². The molecular weight excluding hydrogens is 230 g/mol. The van der Waals surface area contributed by atoms with Crippen molar-refractivity contribution in [3.63, 3.8) is 0 Å². The van der Waals surface area contributed by atoms with Crippen molar-refractivity contribution in [1.29, 1.82) is 0 Å². The predicted octanol–water partition coefficient (Wildman–Crippen LogP) is 0.00380. The van der Waals surface area contributed by atoms with Gasteiger partial charge in [0.15, 0.2) is 0 Å². The van der Waals surface area contributed by atoms with Crippen LogP contribution in [0.25, 0.3) is 0 Å². The zero-order valence-electron chi connectivity index (χ0n) is 10.8. The summed E-state index contributed by atoms with van der Waals surface area (Å²) in [4.78, 5) is 22.9. The Morgan fingerprint density at radius 1 is 1.28 bits per heavy atom. The summed E-state index contributed by atoms with van der Waals surface area (Å²) in [5.74, 6) is 1.10. The Labute approximate surface area is 108 Å². The molecule has 5 heteroatoms. The van der Waals surface area contributed by atoms with Crippen LogP contribution in [0.4, 0.5) is 0 Å². The topological polar surface area (TPSA) is 84.2 Å². The van der Waals surface area contributed by atoms with Crippen molar-refractivity contribution in [3.8, 4) is 0 Å². The Hall–Kier alpha value is -1.10. The number of hydrogen-bond acceptors (Lipinski definition) is 3. The van der Waals surface area contributed by atoms with Crippen LogP contribution in [0.2, 0.25) is 0 Å². The van der Waals surface area contributed by atoms with Crippen molar-refractivity contribution in [3.05, 3.63) is 0 Å². The number of carbonyl (C=O) groups is 2. The second-order valence-corrected chi connectivity index (χ2v) is 5.57. The highest BCUT2D eigenvalue weighted by Gasteiger charge is 2.28. The van der Waals surface area contributed by atoms with Gasteiger partial charge in [0.05, 0.1) is 5.92 Å². The molecule has 5 nitrogen and oxygen atoms in total. The quantitative estimate of drug-likeness (QED) is 0.659. The maximum atomic E-state index is 11.8. The molecule has 1 saturated carbocycles. The van der Waals surface area contributed by atoms with Crippen molar-refractivity contribution in [2.24, 2.45) is 23.5 Å². The van der Waals surface area contributed by atoms with E-state index in [-0.39, 0.29) is 17.7 Å². The summed E-state index contributed by atoms with van der Waals surface area (Å²) in [7, 11) is 0. The Morgan fingerprint density at radius 2 is 1.94 bits per heavy atom. The van der Waals surface area contributed by atoms with Crippen LogP contribution < -0.4 is 16.4 Å². The van der Waals surface area contributed by atoms with Crippen LogP contribution in [0.1, 0.15) is 32.1 Å². The summed E-state index contributed by atoms with van der Waals surface area (Å²) in [6.45, 7) is 2.03. The van der Waals surface area contributed by atoms with E-state index in [0.717, 1.165) is 25.9 Å². The van der Waals surface area contributed by atoms with Gasteiger partial charge in [0.25, 0.3) is 0 Å². The highest BCUT2D eigenvalue weighted by atomic mass is 16.2. The van der Waals surface area contributed by atoms with Crippen LogP contribution in [0.5, 0.6) is 0 Å². The normalized spacial score (nSPS) is 32.1. The Morgan fingerprint density at radius 3 is 2.50 bits per heavy atom. The molecule has 1 atom stereocenters. The maximum absolute atomic E-state index is 11.8. The Bertz CT molecular complexity index is 311. The number of nitrogens with one attached hydrogen (secondary N) is 2. The minimum absolute atomic E-state index is 0.0152. The van der Waals surface area contributed by atoms with Crippen LogP contribution in [0.15, 0.2) is 0 Å². The molecule has 0 aromatic carbocycles. The van der Waals surface area contributed by atoms with Gasteiger partial charge in [-0.1, -0.05) is 0 Å². The van der Waals surface area contributed by atoms with Crippen molar-refractivity contribution in [1.82, 2.24) is 10.6 Å². The standard InChI is InChI=1S/C13H23N3O2/c14-6-9-1-3-10(4-2-9)7-16-13(18)11-5-12(17)15-8-11/h9-11H,1-8,14H2,(H,15,17)(H,16,18). The molecule has 2 rings (SSSR count). The van der Waals surface area contributed by atoms with Crippen LogP contribution in [0, 0.1) is 17.8 Å². The van der Waals surface area contributed by atoms with Gasteiger partial charge in [0, 0.05) is 19.5 Å². The molecule has 1 saturated heterocycles. The lowest BCUT2D eigenvalue weighted by atomic mass is 9.82. The van der Waals surface area contributed by atoms with E-state index in [1.807, 2.05) is 0 Å². The average molecular weight is 253 g/mol. The molecular formula is C13H23N3O2. The number of hydrogen-bond donors (Lipinski definition) is 3. The van der Waals surface area contributed by atoms with Gasteiger partial charge in [-0.2, -0.15) is 0 Å². The van der Waals surface area contributed by atoms with Crippen LogP contribution >= 0.6 is 0 Å². The fraction of sp³-hybridized carbons (Fsp3) is 0.846. The third kappa shape index (κ3) is 3.45. The highest BCUT2D eigenvalue weighted by Crippen LogP contribution is 2.27. The summed E-state index contributed by atoms with van der Waals surface area (Å²) in [6.07, 6.45) is 5.01. The molecule has 4 N–H and O–H groups in total. The van der Waals surface area contributed by atoms with E-state index in [2.05, 4.69) is 10.6 Å². The minimum atomic E-state index is -0.169. The fourth-order valence-corrected chi connectivity index (χ4v) is 2.85. The van der Waals surface area contributed by atoms with Crippen molar-refractivity contribution in [2.75, 3.05) is 19.6 Å². The summed E-state index contributed by atoms with van der Waals surface area (Å²) >= 11 is 0. The van der Waals surface area contributed by atoms with Gasteiger partial charge in [-0.25, -0.2) is 0 Å². The van der Waals surface area contributed by atoms with Gasteiger partial charge in [-0.3, -0.25) is 9.59 Å². The van der Waals surface area contributed by atoms with Crippen molar-refractivity contribution < 1.29 is 9.59 Å². The van der Waals surface area contributed by atoms with Crippen LogP contribution in [0.3, 0.4) is 0 Å². The van der Waals surface area contributed by atoms with E-state index in [0.29, 0.717) is 24.8 Å². The number of amides is 2. The summed E-state index contributed by atoms with van der Waals surface area (Å²) in [5.41, 5.74) is 5.66. The molecule has 1 aliphatic heterocycles. The molecule has 0 aromatic heterocycles. The smallest absolute Gasteiger partial charge is 0.225 e. The lowest BCUT2D eigenvalue weighted by Gasteiger charge is -2.27. The monoisotopic (exact) mass is 253 g/mol. The zero-order chi connectivity index (χ0) is 13.0. The molecule has 0 bridgehead atoms. The van der Waals surface area contributed by atoms with Gasteiger partial charge >= 0.3 is 0 Å². The lowest BCUT2D eigenvalue weighted by molar-refractivity contribution is -0.126. The Balaban J connectivity index is 1.66. The van der Waals surface area contributed by atoms with E-state index >= 15 is 0 Å². The number of nitrogens with two attached hydrogens (primary N) is 1. The summed E-state index contributed by atoms with van der Waals surface area (Å²) < 4.78 is 0. The molecule has 2 amide bonds. The first-order chi connectivity index (χ1) is 8.69. The maximum Gasteiger partial charge on any atom is 0.225 e. The van der Waals surface area contributed by atoms with Gasteiger partial charge < -0.3 is 16.4 Å². The summed E-state index contributed by atoms with van der Waals surface area (Å²) in [6, 6.07) is 0. The SMILES string of the molecule is NCC1CCC(CNC(=O)C2CNC(=O)C2)CC1. The van der Waals surface area contributed by atoms with Crippen molar-refractivity contribution >= 4 is 11.8 Å². The molecule has 18 heavy (non-hydrogen) atoms. The summed E-state index contributed by atoms with van der Waals surface area (Å²) in [5, 5.41) is 5.67. The van der Waals surface area contributed by atoms with E-state index in [1.54, 1.807) is 0 Å². The fourth-order valence-electron chi connectivity index (χ4n) is 2.85.